The lowest BCUT2D eigenvalue weighted by atomic mass is 10.2. The average Bonchev–Trinajstić information content (AvgIpc) is 2.76. The number of guanidine groups is 1. The van der Waals surface area contributed by atoms with Crippen LogP contribution in [0.2, 0.25) is 5.02 Å². The van der Waals surface area contributed by atoms with Crippen molar-refractivity contribution in [3.05, 3.63) is 88.7 Å². The lowest BCUT2D eigenvalue weighted by Gasteiger charge is -2.14. The van der Waals surface area contributed by atoms with Crippen molar-refractivity contribution in [3.8, 4) is 5.75 Å². The van der Waals surface area contributed by atoms with Crippen molar-refractivity contribution in [2.45, 2.75) is 13.5 Å². The Hall–Kier alpha value is -3.38. The monoisotopic (exact) mass is 408 g/mol. The van der Waals surface area contributed by atoms with E-state index in [0.717, 1.165) is 16.8 Å². The summed E-state index contributed by atoms with van der Waals surface area (Å²) in [6.45, 7) is 2.28. The second-order valence-electron chi connectivity index (χ2n) is 6.24. The van der Waals surface area contributed by atoms with Gasteiger partial charge in [0.25, 0.3) is 5.91 Å². The van der Waals surface area contributed by atoms with Crippen molar-refractivity contribution in [1.29, 1.82) is 0 Å². The van der Waals surface area contributed by atoms with Crippen molar-refractivity contribution in [1.82, 2.24) is 10.3 Å². The molecule has 0 aliphatic rings. The fraction of sp³-hybridized carbons (Fsp3) is 0.136. The molecule has 0 saturated heterocycles. The van der Waals surface area contributed by atoms with Crippen LogP contribution in [-0.2, 0) is 6.54 Å². The third kappa shape index (κ3) is 5.56. The number of benzene rings is 2. The number of halogens is 1. The predicted molar refractivity (Wildman–Crippen MR) is 116 cm³/mol. The minimum Gasteiger partial charge on any atom is -0.497 e. The molecule has 0 spiro atoms. The number of carbonyl (C=O) groups excluding carboxylic acids is 1. The molecule has 6 nitrogen and oxygen atoms in total. The molecule has 7 heteroatoms. The fourth-order valence-electron chi connectivity index (χ4n) is 2.58. The van der Waals surface area contributed by atoms with Crippen LogP contribution in [0.4, 0.5) is 5.69 Å². The minimum absolute atomic E-state index is 0.301. The van der Waals surface area contributed by atoms with Gasteiger partial charge in [0.05, 0.1) is 13.7 Å². The SMILES string of the molecule is COc1cccc(C(=O)NC(=NCc2ccncc2)Nc2cccc(Cl)c2C)c1. The zero-order valence-electron chi connectivity index (χ0n) is 16.1. The molecule has 0 saturated carbocycles. The molecule has 2 N–H and O–H groups in total. The molecule has 1 aromatic heterocycles. The highest BCUT2D eigenvalue weighted by molar-refractivity contribution is 6.31. The van der Waals surface area contributed by atoms with Gasteiger partial charge in [-0.25, -0.2) is 4.99 Å². The Morgan fingerprint density at radius 2 is 1.90 bits per heavy atom. The minimum atomic E-state index is -0.301. The number of aromatic nitrogens is 1. The molecule has 3 rings (SSSR count). The Kier molecular flexibility index (Phi) is 6.81. The number of ether oxygens (including phenoxy) is 1. The normalized spacial score (nSPS) is 11.1. The van der Waals surface area contributed by atoms with Gasteiger partial charge in [0.15, 0.2) is 0 Å². The molecule has 0 bridgehead atoms. The van der Waals surface area contributed by atoms with Crippen LogP contribution in [0.15, 0.2) is 72.0 Å². The van der Waals surface area contributed by atoms with E-state index in [2.05, 4.69) is 20.6 Å². The molecule has 1 heterocycles. The predicted octanol–water partition coefficient (Wildman–Crippen LogP) is 4.45. The number of anilines is 1. The van der Waals surface area contributed by atoms with Crippen LogP contribution in [0, 0.1) is 6.92 Å². The Bertz CT molecular complexity index is 1020. The van der Waals surface area contributed by atoms with E-state index < -0.39 is 0 Å². The van der Waals surface area contributed by atoms with E-state index >= 15 is 0 Å². The zero-order chi connectivity index (χ0) is 20.6. The first-order valence-electron chi connectivity index (χ1n) is 8.97. The van der Waals surface area contributed by atoms with Gasteiger partial charge in [0.2, 0.25) is 5.96 Å². The Morgan fingerprint density at radius 1 is 1.14 bits per heavy atom. The number of pyridine rings is 1. The summed E-state index contributed by atoms with van der Waals surface area (Å²) >= 11 is 6.22. The largest absolute Gasteiger partial charge is 0.497 e. The van der Waals surface area contributed by atoms with Crippen LogP contribution in [0.3, 0.4) is 0 Å². The van der Waals surface area contributed by atoms with Gasteiger partial charge >= 0.3 is 0 Å². The van der Waals surface area contributed by atoms with Crippen molar-refractivity contribution < 1.29 is 9.53 Å². The summed E-state index contributed by atoms with van der Waals surface area (Å²) in [5, 5.41) is 6.64. The maximum atomic E-state index is 12.8. The molecule has 148 valence electrons. The van der Waals surface area contributed by atoms with Crippen molar-refractivity contribution >= 4 is 29.2 Å². The molecular formula is C22H21ClN4O2. The molecule has 0 atom stereocenters. The number of amides is 1. The molecule has 29 heavy (non-hydrogen) atoms. The summed E-state index contributed by atoms with van der Waals surface area (Å²) in [6.07, 6.45) is 3.40. The van der Waals surface area contributed by atoms with Gasteiger partial charge in [-0.3, -0.25) is 15.1 Å². The van der Waals surface area contributed by atoms with Gasteiger partial charge in [-0.15, -0.1) is 0 Å². The average molecular weight is 409 g/mol. The highest BCUT2D eigenvalue weighted by atomic mass is 35.5. The van der Waals surface area contributed by atoms with Gasteiger partial charge < -0.3 is 10.1 Å². The lowest BCUT2D eigenvalue weighted by molar-refractivity contribution is 0.0976. The summed E-state index contributed by atoms with van der Waals surface area (Å²) < 4.78 is 5.19. The number of nitrogens with one attached hydrogen (secondary N) is 2. The molecule has 1 amide bonds. The maximum Gasteiger partial charge on any atom is 0.258 e. The smallest absolute Gasteiger partial charge is 0.258 e. The molecule has 0 fully saturated rings. The number of hydrogen-bond acceptors (Lipinski definition) is 4. The molecular weight excluding hydrogens is 388 g/mol. The Labute approximate surface area is 174 Å². The second kappa shape index (κ2) is 9.71. The van der Waals surface area contributed by atoms with E-state index in [1.54, 1.807) is 43.8 Å². The maximum absolute atomic E-state index is 12.8. The van der Waals surface area contributed by atoms with E-state index in [9.17, 15) is 4.79 Å². The summed E-state index contributed by atoms with van der Waals surface area (Å²) in [4.78, 5) is 21.3. The van der Waals surface area contributed by atoms with E-state index in [1.165, 1.54) is 0 Å². The number of carbonyl (C=O) groups is 1. The summed E-state index contributed by atoms with van der Waals surface area (Å²) in [7, 11) is 1.56. The Balaban J connectivity index is 1.85. The highest BCUT2D eigenvalue weighted by Crippen LogP contribution is 2.23. The van der Waals surface area contributed by atoms with Crippen molar-refractivity contribution in [2.75, 3.05) is 12.4 Å². The van der Waals surface area contributed by atoms with E-state index in [-0.39, 0.29) is 5.91 Å². The zero-order valence-corrected chi connectivity index (χ0v) is 16.9. The third-order valence-electron chi connectivity index (χ3n) is 4.25. The summed E-state index contributed by atoms with van der Waals surface area (Å²) in [5.41, 5.74) is 3.06. The van der Waals surface area contributed by atoms with Gasteiger partial charge in [-0.1, -0.05) is 23.7 Å². The topological polar surface area (TPSA) is 75.6 Å². The third-order valence-corrected chi connectivity index (χ3v) is 4.66. The number of nitrogens with zero attached hydrogens (tertiary/aromatic N) is 2. The van der Waals surface area contributed by atoms with Gasteiger partial charge in [-0.2, -0.15) is 0 Å². The van der Waals surface area contributed by atoms with Crippen molar-refractivity contribution in [3.63, 3.8) is 0 Å². The first-order chi connectivity index (χ1) is 14.1. The number of methoxy groups -OCH3 is 1. The van der Waals surface area contributed by atoms with Crippen LogP contribution in [0.25, 0.3) is 0 Å². The molecule has 3 aromatic rings. The van der Waals surface area contributed by atoms with E-state index in [1.807, 2.05) is 37.3 Å². The van der Waals surface area contributed by atoms with Gasteiger partial charge in [0, 0.05) is 28.7 Å². The standard InChI is InChI=1S/C22H21ClN4O2/c1-15-19(23)7-4-8-20(15)26-22(25-14-16-9-11-24-12-10-16)27-21(28)17-5-3-6-18(13-17)29-2/h3-13H,14H2,1-2H3,(H2,25,26,27,28). The fourth-order valence-corrected chi connectivity index (χ4v) is 2.76. The number of rotatable bonds is 5. The molecule has 2 aromatic carbocycles. The molecule has 0 aliphatic heterocycles. The first-order valence-corrected chi connectivity index (χ1v) is 9.35. The van der Waals surface area contributed by atoms with Crippen LogP contribution >= 0.6 is 11.6 Å². The second-order valence-corrected chi connectivity index (χ2v) is 6.65. The highest BCUT2D eigenvalue weighted by Gasteiger charge is 2.12. The van der Waals surface area contributed by atoms with Crippen LogP contribution in [-0.4, -0.2) is 24.0 Å². The van der Waals surface area contributed by atoms with E-state index in [4.69, 9.17) is 16.3 Å². The van der Waals surface area contributed by atoms with Gasteiger partial charge in [0.1, 0.15) is 5.75 Å². The van der Waals surface area contributed by atoms with Crippen LogP contribution in [0.5, 0.6) is 5.75 Å². The van der Waals surface area contributed by atoms with E-state index in [0.29, 0.717) is 28.8 Å². The molecule has 0 aliphatic carbocycles. The Morgan fingerprint density at radius 3 is 2.66 bits per heavy atom. The molecule has 0 unspecified atom stereocenters. The number of aliphatic imine (C=N–C) groups is 1. The quantitative estimate of drug-likeness (QED) is 0.483. The summed E-state index contributed by atoms with van der Waals surface area (Å²) in [5.74, 6) is 0.621. The first kappa shape index (κ1) is 20.4. The lowest BCUT2D eigenvalue weighted by Crippen LogP contribution is -2.36. The summed E-state index contributed by atoms with van der Waals surface area (Å²) in [6, 6.07) is 16.2. The van der Waals surface area contributed by atoms with Gasteiger partial charge in [-0.05, 0) is 60.5 Å². The van der Waals surface area contributed by atoms with Crippen LogP contribution < -0.4 is 15.4 Å². The number of hydrogen-bond donors (Lipinski definition) is 2. The van der Waals surface area contributed by atoms with Crippen LogP contribution in [0.1, 0.15) is 21.5 Å². The molecule has 0 radical (unpaired) electrons. The van der Waals surface area contributed by atoms with Crippen molar-refractivity contribution in [2.24, 2.45) is 4.99 Å².